The van der Waals surface area contributed by atoms with Gasteiger partial charge in [0.05, 0.1) is 0 Å². The zero-order chi connectivity index (χ0) is 20.2. The van der Waals surface area contributed by atoms with Gasteiger partial charge in [0.25, 0.3) is 5.24 Å². The van der Waals surface area contributed by atoms with E-state index in [1.165, 1.54) is 21.9 Å². The molecule has 3 aromatic rings. The van der Waals surface area contributed by atoms with Gasteiger partial charge in [0, 0.05) is 12.1 Å². The normalized spacial score (nSPS) is 19.9. The van der Waals surface area contributed by atoms with Crippen molar-refractivity contribution in [2.24, 2.45) is 0 Å². The Labute approximate surface area is 177 Å². The summed E-state index contributed by atoms with van der Waals surface area (Å²) in [7, 11) is 0. The molecule has 0 aliphatic heterocycles. The molecule has 1 aliphatic carbocycles. The largest absolute Gasteiger partial charge is 0.484 e. The van der Waals surface area contributed by atoms with Crippen molar-refractivity contribution >= 4 is 27.6 Å². The molecule has 1 saturated carbocycles. The van der Waals surface area contributed by atoms with Gasteiger partial charge in [-0.05, 0) is 77.7 Å². The molecule has 0 saturated heterocycles. The van der Waals surface area contributed by atoms with Crippen LogP contribution >= 0.6 is 11.6 Å². The van der Waals surface area contributed by atoms with Crippen LogP contribution in [0.3, 0.4) is 0 Å². The average Bonchev–Trinajstić information content (AvgIpc) is 3.20. The zero-order valence-corrected chi connectivity index (χ0v) is 17.4. The van der Waals surface area contributed by atoms with Gasteiger partial charge >= 0.3 is 0 Å². The summed E-state index contributed by atoms with van der Waals surface area (Å²) in [5.74, 6) is 1.21. The predicted molar refractivity (Wildman–Crippen MR) is 119 cm³/mol. The maximum Gasteiger partial charge on any atom is 0.259 e. The van der Waals surface area contributed by atoms with Gasteiger partial charge in [-0.3, -0.25) is 4.79 Å². The van der Waals surface area contributed by atoms with Crippen molar-refractivity contribution in [2.45, 2.75) is 44.2 Å². The molecule has 0 spiro atoms. The molecular formula is C25H26ClNO2. The summed E-state index contributed by atoms with van der Waals surface area (Å²) < 4.78 is 5.46. The molecule has 4 rings (SSSR count). The lowest BCUT2D eigenvalue weighted by molar-refractivity contribution is -0.113. The Kier molecular flexibility index (Phi) is 6.17. The molecule has 0 bridgehead atoms. The maximum atomic E-state index is 10.9. The highest BCUT2D eigenvalue weighted by molar-refractivity contribution is 6.63. The van der Waals surface area contributed by atoms with Gasteiger partial charge in [-0.2, -0.15) is 0 Å². The fourth-order valence-electron chi connectivity index (χ4n) is 4.51. The van der Waals surface area contributed by atoms with Crippen molar-refractivity contribution in [3.05, 3.63) is 77.9 Å². The van der Waals surface area contributed by atoms with Crippen molar-refractivity contribution in [1.82, 2.24) is 5.32 Å². The number of carbonyl (C=O) groups is 1. The lowest BCUT2D eigenvalue weighted by Gasteiger charge is -2.21. The first-order chi connectivity index (χ1) is 14.1. The van der Waals surface area contributed by atoms with Crippen LogP contribution in [-0.4, -0.2) is 17.9 Å². The Morgan fingerprint density at radius 3 is 2.76 bits per heavy atom. The quantitative estimate of drug-likeness (QED) is 0.490. The summed E-state index contributed by atoms with van der Waals surface area (Å²) in [4.78, 5) is 10.9. The molecule has 0 radical (unpaired) electrons. The number of hydrogen-bond acceptors (Lipinski definition) is 3. The summed E-state index contributed by atoms with van der Waals surface area (Å²) in [6.07, 6.45) is 3.41. The highest BCUT2D eigenvalue weighted by Crippen LogP contribution is 2.37. The maximum absolute atomic E-state index is 10.9. The Bertz CT molecular complexity index is 998. The molecule has 0 amide bonds. The fourth-order valence-corrected chi connectivity index (χ4v) is 4.56. The molecule has 3 atom stereocenters. The summed E-state index contributed by atoms with van der Waals surface area (Å²) >= 11 is 5.38. The van der Waals surface area contributed by atoms with Crippen LogP contribution in [0.4, 0.5) is 0 Å². The molecule has 2 unspecified atom stereocenters. The fraction of sp³-hybridized carbons (Fsp3) is 0.320. The molecule has 4 heteroatoms. The summed E-state index contributed by atoms with van der Waals surface area (Å²) in [6.45, 7) is 2.16. The number of benzene rings is 3. The number of hydrogen-bond donors (Lipinski definition) is 1. The zero-order valence-electron chi connectivity index (χ0n) is 16.6. The smallest absolute Gasteiger partial charge is 0.259 e. The lowest BCUT2D eigenvalue weighted by atomic mass is 9.96. The Morgan fingerprint density at radius 2 is 1.90 bits per heavy atom. The summed E-state index contributed by atoms with van der Waals surface area (Å²) in [5.41, 5.74) is 2.62. The molecule has 29 heavy (non-hydrogen) atoms. The van der Waals surface area contributed by atoms with Crippen molar-refractivity contribution in [3.8, 4) is 5.75 Å². The first-order valence-electron chi connectivity index (χ1n) is 10.2. The lowest BCUT2D eigenvalue weighted by Crippen LogP contribution is -2.29. The number of nitrogens with one attached hydrogen (secondary N) is 1. The van der Waals surface area contributed by atoms with Crippen LogP contribution < -0.4 is 10.1 Å². The van der Waals surface area contributed by atoms with Gasteiger partial charge < -0.3 is 10.1 Å². The first-order valence-corrected chi connectivity index (χ1v) is 10.6. The number of halogens is 1. The van der Waals surface area contributed by atoms with Gasteiger partial charge in [0.1, 0.15) is 5.75 Å². The molecule has 3 aromatic carbocycles. The van der Waals surface area contributed by atoms with E-state index in [9.17, 15) is 4.79 Å². The molecule has 0 heterocycles. The molecule has 0 aromatic heterocycles. The van der Waals surface area contributed by atoms with E-state index in [4.69, 9.17) is 16.3 Å². The molecule has 3 nitrogen and oxygen atoms in total. The standard InChI is InChI=1S/C25H26ClNO2/c1-17(23-11-5-7-18-6-2-3-10-24(18)23)27-21-13-12-20(14-21)19-8-4-9-22(15-19)29-16-25(26)28/h2-11,15,17,20-21,27H,12-14,16H2,1H3/t17-,20?,21?/m1/s1. The first kappa shape index (κ1) is 19.9. The van der Waals surface area contributed by atoms with Crippen molar-refractivity contribution < 1.29 is 9.53 Å². The van der Waals surface area contributed by atoms with Crippen LogP contribution in [0.1, 0.15) is 49.3 Å². The van der Waals surface area contributed by atoms with E-state index in [1.54, 1.807) is 0 Å². The monoisotopic (exact) mass is 407 g/mol. The molecule has 1 aliphatic rings. The number of ether oxygens (including phenoxy) is 1. The molecule has 1 N–H and O–H groups in total. The van der Waals surface area contributed by atoms with Crippen LogP contribution in [0.15, 0.2) is 66.7 Å². The average molecular weight is 408 g/mol. The van der Waals surface area contributed by atoms with E-state index >= 15 is 0 Å². The Hall–Kier alpha value is -2.36. The minimum atomic E-state index is -0.483. The van der Waals surface area contributed by atoms with Crippen LogP contribution in [0.5, 0.6) is 5.75 Å². The van der Waals surface area contributed by atoms with Crippen molar-refractivity contribution in [2.75, 3.05) is 6.61 Å². The Morgan fingerprint density at radius 1 is 1.10 bits per heavy atom. The minimum Gasteiger partial charge on any atom is -0.484 e. The third kappa shape index (κ3) is 4.80. The highest BCUT2D eigenvalue weighted by Gasteiger charge is 2.27. The van der Waals surface area contributed by atoms with Crippen LogP contribution in [0.25, 0.3) is 10.8 Å². The minimum absolute atomic E-state index is 0.0948. The van der Waals surface area contributed by atoms with Crippen LogP contribution in [0, 0.1) is 0 Å². The van der Waals surface area contributed by atoms with Crippen molar-refractivity contribution in [1.29, 1.82) is 0 Å². The third-order valence-corrected chi connectivity index (χ3v) is 6.00. The van der Waals surface area contributed by atoms with Gasteiger partial charge in [0.2, 0.25) is 0 Å². The predicted octanol–water partition coefficient (Wildman–Crippen LogP) is 5.97. The Balaban J connectivity index is 1.41. The second-order valence-electron chi connectivity index (χ2n) is 7.88. The van der Waals surface area contributed by atoms with E-state index in [0.717, 1.165) is 19.3 Å². The van der Waals surface area contributed by atoms with E-state index in [-0.39, 0.29) is 6.61 Å². The molecular weight excluding hydrogens is 382 g/mol. The number of fused-ring (bicyclic) bond motifs is 1. The summed E-state index contributed by atoms with van der Waals surface area (Å²) in [6, 6.07) is 24.0. The highest BCUT2D eigenvalue weighted by atomic mass is 35.5. The van der Waals surface area contributed by atoms with Gasteiger partial charge in [0.15, 0.2) is 6.61 Å². The van der Waals surface area contributed by atoms with Gasteiger partial charge in [-0.15, -0.1) is 0 Å². The van der Waals surface area contributed by atoms with Crippen molar-refractivity contribution in [3.63, 3.8) is 0 Å². The van der Waals surface area contributed by atoms with E-state index in [1.807, 2.05) is 18.2 Å². The molecule has 1 fully saturated rings. The van der Waals surface area contributed by atoms with Crippen LogP contribution in [0.2, 0.25) is 0 Å². The SMILES string of the molecule is C[C@@H](NC1CCC(c2cccc(OCC(=O)Cl)c2)C1)c1cccc2ccccc12. The van der Waals surface area contributed by atoms with Crippen LogP contribution in [-0.2, 0) is 4.79 Å². The van der Waals surface area contributed by atoms with E-state index in [2.05, 4.69) is 60.8 Å². The number of rotatable bonds is 7. The third-order valence-electron chi connectivity index (χ3n) is 5.89. The van der Waals surface area contributed by atoms with Gasteiger partial charge in [-0.1, -0.05) is 54.6 Å². The topological polar surface area (TPSA) is 38.3 Å². The van der Waals surface area contributed by atoms with E-state index < -0.39 is 5.24 Å². The summed E-state index contributed by atoms with van der Waals surface area (Å²) in [5, 5.41) is 5.97. The molecule has 150 valence electrons. The number of carbonyl (C=O) groups excluding carboxylic acids is 1. The second-order valence-corrected chi connectivity index (χ2v) is 8.30. The van der Waals surface area contributed by atoms with Gasteiger partial charge in [-0.25, -0.2) is 0 Å². The van der Waals surface area contributed by atoms with E-state index in [0.29, 0.717) is 23.8 Å². The second kappa shape index (κ2) is 8.98.